The molecule has 0 bridgehead atoms. The molecule has 0 amide bonds. The molecule has 0 unspecified atom stereocenters. The lowest BCUT2D eigenvalue weighted by Crippen LogP contribution is -2.30. The summed E-state index contributed by atoms with van der Waals surface area (Å²) < 4.78 is 5.18. The summed E-state index contributed by atoms with van der Waals surface area (Å²) in [7, 11) is 1.75. The molecule has 19 heavy (non-hydrogen) atoms. The van der Waals surface area contributed by atoms with Crippen molar-refractivity contribution in [2.75, 3.05) is 38.3 Å². The van der Waals surface area contributed by atoms with E-state index in [4.69, 9.17) is 4.74 Å². The van der Waals surface area contributed by atoms with Crippen LogP contribution < -0.4 is 10.2 Å². The van der Waals surface area contributed by atoms with Crippen molar-refractivity contribution in [1.82, 2.24) is 10.3 Å². The molecule has 1 N–H and O–H groups in total. The van der Waals surface area contributed by atoms with Gasteiger partial charge in [0.15, 0.2) is 5.13 Å². The van der Waals surface area contributed by atoms with Gasteiger partial charge in [-0.2, -0.15) is 0 Å². The molecule has 0 aliphatic rings. The standard InChI is InChI=1S/C14H27N3OS/c1-5-6-15-9-13-10-16-14(19-13)17(7-8-18-4)11-12(2)3/h10,12,15H,5-9,11H2,1-4H3. The average Bonchev–Trinajstić information content (AvgIpc) is 2.83. The van der Waals surface area contributed by atoms with Gasteiger partial charge in [0, 0.05) is 37.8 Å². The number of thiazole rings is 1. The van der Waals surface area contributed by atoms with E-state index in [1.54, 1.807) is 18.4 Å². The quantitative estimate of drug-likeness (QED) is 0.671. The monoisotopic (exact) mass is 285 g/mol. The second-order valence-electron chi connectivity index (χ2n) is 5.12. The summed E-state index contributed by atoms with van der Waals surface area (Å²) in [4.78, 5) is 8.17. The average molecular weight is 285 g/mol. The largest absolute Gasteiger partial charge is 0.383 e. The van der Waals surface area contributed by atoms with Gasteiger partial charge in [0.05, 0.1) is 6.61 Å². The molecule has 0 aliphatic heterocycles. The highest BCUT2D eigenvalue weighted by Crippen LogP contribution is 2.23. The molecule has 4 nitrogen and oxygen atoms in total. The van der Waals surface area contributed by atoms with E-state index in [0.717, 1.165) is 37.9 Å². The molecule has 1 aromatic rings. The molecular weight excluding hydrogens is 258 g/mol. The van der Waals surface area contributed by atoms with Gasteiger partial charge in [-0.1, -0.05) is 20.8 Å². The van der Waals surface area contributed by atoms with Crippen LogP contribution in [0.4, 0.5) is 5.13 Å². The van der Waals surface area contributed by atoms with Crippen molar-refractivity contribution in [1.29, 1.82) is 0 Å². The van der Waals surface area contributed by atoms with Gasteiger partial charge in [-0.25, -0.2) is 4.98 Å². The van der Waals surface area contributed by atoms with E-state index in [2.05, 4.69) is 36.0 Å². The van der Waals surface area contributed by atoms with Crippen molar-refractivity contribution in [3.8, 4) is 0 Å². The van der Waals surface area contributed by atoms with Crippen molar-refractivity contribution in [2.24, 2.45) is 5.92 Å². The molecule has 1 aromatic heterocycles. The maximum absolute atomic E-state index is 5.18. The molecule has 0 atom stereocenters. The zero-order valence-electron chi connectivity index (χ0n) is 12.6. The molecule has 0 aliphatic carbocycles. The Hall–Kier alpha value is -0.650. The Morgan fingerprint density at radius 2 is 2.26 bits per heavy atom. The van der Waals surface area contributed by atoms with Crippen LogP contribution in [0.1, 0.15) is 32.1 Å². The second-order valence-corrected chi connectivity index (χ2v) is 6.21. The molecule has 0 radical (unpaired) electrons. The Balaban J connectivity index is 2.57. The first-order valence-corrected chi connectivity index (χ1v) is 7.88. The SMILES string of the molecule is CCCNCc1cnc(N(CCOC)CC(C)C)s1. The number of nitrogens with one attached hydrogen (secondary N) is 1. The van der Waals surface area contributed by atoms with Gasteiger partial charge in [0.2, 0.25) is 0 Å². The number of aromatic nitrogens is 1. The Morgan fingerprint density at radius 1 is 1.47 bits per heavy atom. The van der Waals surface area contributed by atoms with Crippen LogP contribution in [0.2, 0.25) is 0 Å². The van der Waals surface area contributed by atoms with Crippen molar-refractivity contribution in [3.63, 3.8) is 0 Å². The van der Waals surface area contributed by atoms with Crippen molar-refractivity contribution >= 4 is 16.5 Å². The van der Waals surface area contributed by atoms with Gasteiger partial charge in [-0.3, -0.25) is 0 Å². The maximum Gasteiger partial charge on any atom is 0.185 e. The highest BCUT2D eigenvalue weighted by molar-refractivity contribution is 7.15. The summed E-state index contributed by atoms with van der Waals surface area (Å²) in [6, 6.07) is 0. The lowest BCUT2D eigenvalue weighted by Gasteiger charge is -2.23. The minimum Gasteiger partial charge on any atom is -0.383 e. The smallest absolute Gasteiger partial charge is 0.185 e. The van der Waals surface area contributed by atoms with Gasteiger partial charge in [-0.05, 0) is 18.9 Å². The molecule has 5 heteroatoms. The summed E-state index contributed by atoms with van der Waals surface area (Å²) in [5.41, 5.74) is 0. The van der Waals surface area contributed by atoms with Crippen LogP contribution in [0.15, 0.2) is 6.20 Å². The third-order valence-electron chi connectivity index (χ3n) is 2.69. The highest BCUT2D eigenvalue weighted by atomic mass is 32.1. The van der Waals surface area contributed by atoms with E-state index in [1.165, 1.54) is 11.3 Å². The topological polar surface area (TPSA) is 37.4 Å². The molecule has 0 fully saturated rings. The number of hydrogen-bond acceptors (Lipinski definition) is 5. The first-order chi connectivity index (χ1) is 9.17. The van der Waals surface area contributed by atoms with Crippen LogP contribution in [0.3, 0.4) is 0 Å². The highest BCUT2D eigenvalue weighted by Gasteiger charge is 2.12. The van der Waals surface area contributed by atoms with E-state index in [0.29, 0.717) is 5.92 Å². The van der Waals surface area contributed by atoms with E-state index in [9.17, 15) is 0 Å². The Morgan fingerprint density at radius 3 is 2.89 bits per heavy atom. The zero-order chi connectivity index (χ0) is 14.1. The fourth-order valence-corrected chi connectivity index (χ4v) is 2.74. The predicted molar refractivity (Wildman–Crippen MR) is 83.0 cm³/mol. The zero-order valence-corrected chi connectivity index (χ0v) is 13.4. The van der Waals surface area contributed by atoms with Crippen molar-refractivity contribution in [3.05, 3.63) is 11.1 Å². The number of anilines is 1. The molecule has 0 saturated heterocycles. The van der Waals surface area contributed by atoms with Crippen LogP contribution in [0.25, 0.3) is 0 Å². The minimum absolute atomic E-state index is 0.627. The molecule has 1 heterocycles. The Bertz CT molecular complexity index is 341. The van der Waals surface area contributed by atoms with Crippen LogP contribution >= 0.6 is 11.3 Å². The van der Waals surface area contributed by atoms with Crippen LogP contribution in [0.5, 0.6) is 0 Å². The maximum atomic E-state index is 5.18. The Labute approximate surface area is 121 Å². The molecule has 0 aromatic carbocycles. The summed E-state index contributed by atoms with van der Waals surface area (Å²) in [6.07, 6.45) is 3.15. The van der Waals surface area contributed by atoms with Crippen LogP contribution in [-0.2, 0) is 11.3 Å². The molecule has 0 spiro atoms. The first kappa shape index (κ1) is 16.4. The summed E-state index contributed by atoms with van der Waals surface area (Å²) >= 11 is 1.78. The minimum atomic E-state index is 0.627. The van der Waals surface area contributed by atoms with Crippen molar-refractivity contribution < 1.29 is 4.74 Å². The fourth-order valence-electron chi connectivity index (χ4n) is 1.82. The van der Waals surface area contributed by atoms with Gasteiger partial charge in [-0.15, -0.1) is 11.3 Å². The predicted octanol–water partition coefficient (Wildman–Crippen LogP) is 2.75. The van der Waals surface area contributed by atoms with Crippen molar-refractivity contribution in [2.45, 2.75) is 33.7 Å². The van der Waals surface area contributed by atoms with Gasteiger partial charge >= 0.3 is 0 Å². The number of nitrogens with zero attached hydrogens (tertiary/aromatic N) is 2. The molecule has 0 saturated carbocycles. The molecular formula is C14H27N3OS. The van der Waals surface area contributed by atoms with Gasteiger partial charge in [0.1, 0.15) is 0 Å². The summed E-state index contributed by atoms with van der Waals surface area (Å²) in [6.45, 7) is 11.3. The fraction of sp³-hybridized carbons (Fsp3) is 0.786. The normalized spacial score (nSPS) is 11.2. The summed E-state index contributed by atoms with van der Waals surface area (Å²) in [5, 5.41) is 4.52. The number of ether oxygens (including phenoxy) is 1. The number of hydrogen-bond donors (Lipinski definition) is 1. The van der Waals surface area contributed by atoms with Crippen LogP contribution in [-0.4, -0.2) is 38.3 Å². The van der Waals surface area contributed by atoms with E-state index in [-0.39, 0.29) is 0 Å². The van der Waals surface area contributed by atoms with E-state index in [1.807, 2.05) is 6.20 Å². The summed E-state index contributed by atoms with van der Waals surface area (Å²) in [5.74, 6) is 0.627. The first-order valence-electron chi connectivity index (χ1n) is 7.06. The van der Waals surface area contributed by atoms with Gasteiger partial charge in [0.25, 0.3) is 0 Å². The van der Waals surface area contributed by atoms with E-state index < -0.39 is 0 Å². The Kier molecular flexibility index (Phi) is 8.02. The third-order valence-corrected chi connectivity index (χ3v) is 3.75. The third kappa shape index (κ3) is 6.36. The molecule has 1 rings (SSSR count). The second kappa shape index (κ2) is 9.28. The van der Waals surface area contributed by atoms with Gasteiger partial charge < -0.3 is 15.0 Å². The van der Waals surface area contributed by atoms with Crippen LogP contribution in [0, 0.1) is 5.92 Å². The van der Waals surface area contributed by atoms with E-state index >= 15 is 0 Å². The lowest BCUT2D eigenvalue weighted by atomic mass is 10.2. The molecule has 110 valence electrons. The number of methoxy groups -OCH3 is 1. The lowest BCUT2D eigenvalue weighted by molar-refractivity contribution is 0.204. The number of rotatable bonds is 10.